The van der Waals surface area contributed by atoms with E-state index in [1.807, 2.05) is 0 Å². The van der Waals surface area contributed by atoms with Gasteiger partial charge in [0.05, 0.1) is 6.61 Å². The van der Waals surface area contributed by atoms with Gasteiger partial charge in [-0.3, -0.25) is 14.3 Å². The van der Waals surface area contributed by atoms with Crippen molar-refractivity contribution in [3.63, 3.8) is 0 Å². The second-order valence-electron chi connectivity index (χ2n) is 5.09. The van der Waals surface area contributed by atoms with Crippen molar-refractivity contribution in [3.05, 3.63) is 32.6 Å². The molecular formula is C11H13F3N2O6. The molecule has 0 amide bonds. The largest absolute Gasteiger partial charge is 0.423 e. The zero-order valence-electron chi connectivity index (χ0n) is 11.2. The summed E-state index contributed by atoms with van der Waals surface area (Å²) in [6.07, 6.45) is -9.48. The highest BCUT2D eigenvalue weighted by Gasteiger charge is 2.53. The number of aliphatic hydroxyl groups is 3. The van der Waals surface area contributed by atoms with Crippen LogP contribution in [0.3, 0.4) is 0 Å². The third-order valence-corrected chi connectivity index (χ3v) is 3.46. The Morgan fingerprint density at radius 2 is 2.05 bits per heavy atom. The van der Waals surface area contributed by atoms with Crippen molar-refractivity contribution < 1.29 is 33.2 Å². The molecule has 2 heterocycles. The van der Waals surface area contributed by atoms with E-state index in [9.17, 15) is 33.0 Å². The number of alkyl halides is 3. The Kier molecular flexibility index (Phi) is 3.94. The second kappa shape index (κ2) is 5.19. The van der Waals surface area contributed by atoms with E-state index in [-0.39, 0.29) is 6.20 Å². The third kappa shape index (κ3) is 2.56. The lowest BCUT2D eigenvalue weighted by Crippen LogP contribution is -2.47. The van der Waals surface area contributed by atoms with Crippen LogP contribution in [0.4, 0.5) is 13.2 Å². The van der Waals surface area contributed by atoms with Crippen LogP contribution in [-0.4, -0.2) is 49.3 Å². The van der Waals surface area contributed by atoms with Gasteiger partial charge in [-0.1, -0.05) is 0 Å². The molecule has 4 N–H and O–H groups in total. The number of ether oxygens (including phenoxy) is 1. The van der Waals surface area contributed by atoms with Crippen molar-refractivity contribution in [1.82, 2.24) is 9.55 Å². The highest BCUT2D eigenvalue weighted by molar-refractivity contribution is 5.11. The van der Waals surface area contributed by atoms with Crippen molar-refractivity contribution in [2.45, 2.75) is 37.1 Å². The molecule has 0 bridgehead atoms. The van der Waals surface area contributed by atoms with E-state index in [2.05, 4.69) is 0 Å². The number of nitrogens with one attached hydrogen (secondary N) is 1. The molecule has 0 radical (unpaired) electrons. The number of aromatic nitrogens is 2. The lowest BCUT2D eigenvalue weighted by Gasteiger charge is -2.27. The molecule has 2 rings (SSSR count). The fourth-order valence-electron chi connectivity index (χ4n) is 2.25. The van der Waals surface area contributed by atoms with E-state index in [4.69, 9.17) is 9.84 Å². The van der Waals surface area contributed by atoms with Gasteiger partial charge in [0.15, 0.2) is 6.23 Å². The van der Waals surface area contributed by atoms with Crippen molar-refractivity contribution in [1.29, 1.82) is 0 Å². The maximum absolute atomic E-state index is 12.7. The smallest absolute Gasteiger partial charge is 0.394 e. The summed E-state index contributed by atoms with van der Waals surface area (Å²) >= 11 is 0. The predicted octanol–water partition coefficient (Wildman–Crippen LogP) is -1.44. The summed E-state index contributed by atoms with van der Waals surface area (Å²) in [4.78, 5) is 24.4. The van der Waals surface area contributed by atoms with Crippen LogP contribution in [0.25, 0.3) is 0 Å². The number of hydrogen-bond donors (Lipinski definition) is 4. The minimum Gasteiger partial charge on any atom is -0.394 e. The van der Waals surface area contributed by atoms with Crippen molar-refractivity contribution in [2.75, 3.05) is 6.61 Å². The number of H-pyrrole nitrogens is 1. The number of rotatable bonds is 2. The Labute approximate surface area is 120 Å². The summed E-state index contributed by atoms with van der Waals surface area (Å²) in [7, 11) is 0. The molecule has 124 valence electrons. The molecule has 1 aliphatic rings. The van der Waals surface area contributed by atoms with Gasteiger partial charge in [-0.2, -0.15) is 13.2 Å². The first kappa shape index (κ1) is 16.7. The van der Waals surface area contributed by atoms with Crippen LogP contribution in [0, 0.1) is 0 Å². The molecule has 1 aliphatic heterocycles. The van der Waals surface area contributed by atoms with Crippen LogP contribution >= 0.6 is 0 Å². The van der Waals surface area contributed by atoms with Crippen molar-refractivity contribution >= 4 is 0 Å². The SMILES string of the molecule is C[C@@]1(O)[C@H](O)[C@@H](CO)O[C@H]1n1cc(C(F)(F)F)c(=O)[nH]c1=O. The summed E-state index contributed by atoms with van der Waals surface area (Å²) in [5.74, 6) is 0. The van der Waals surface area contributed by atoms with Crippen LogP contribution < -0.4 is 11.2 Å². The van der Waals surface area contributed by atoms with E-state index in [0.29, 0.717) is 4.57 Å². The monoisotopic (exact) mass is 326 g/mol. The van der Waals surface area contributed by atoms with Crippen LogP contribution in [0.2, 0.25) is 0 Å². The highest BCUT2D eigenvalue weighted by Crippen LogP contribution is 2.37. The highest BCUT2D eigenvalue weighted by atomic mass is 19.4. The van der Waals surface area contributed by atoms with Crippen LogP contribution in [0.1, 0.15) is 18.7 Å². The van der Waals surface area contributed by atoms with E-state index >= 15 is 0 Å². The van der Waals surface area contributed by atoms with Gasteiger partial charge in [0.2, 0.25) is 0 Å². The fraction of sp³-hybridized carbons (Fsp3) is 0.636. The standard InChI is InChI=1S/C11H13F3N2O6/c1-10(21)6(18)5(3-17)22-8(10)16-2-4(11(12,13)14)7(19)15-9(16)20/h2,5-6,8,17-18,21H,3H2,1H3,(H,15,19,20)/t5-,6-,8-,10-/m1/s1. The van der Waals surface area contributed by atoms with Gasteiger partial charge in [-0.15, -0.1) is 0 Å². The first-order valence-corrected chi connectivity index (χ1v) is 6.09. The average molecular weight is 326 g/mol. The first-order valence-electron chi connectivity index (χ1n) is 6.09. The fourth-order valence-corrected chi connectivity index (χ4v) is 2.25. The van der Waals surface area contributed by atoms with Crippen LogP contribution in [0.5, 0.6) is 0 Å². The Bertz CT molecular complexity index is 680. The molecule has 0 unspecified atom stereocenters. The Balaban J connectivity index is 2.59. The van der Waals surface area contributed by atoms with Crippen LogP contribution in [-0.2, 0) is 10.9 Å². The molecule has 4 atom stereocenters. The van der Waals surface area contributed by atoms with Gasteiger partial charge >= 0.3 is 11.9 Å². The summed E-state index contributed by atoms with van der Waals surface area (Å²) in [6.45, 7) is 0.306. The van der Waals surface area contributed by atoms with E-state index in [0.717, 1.165) is 6.92 Å². The number of aromatic amines is 1. The summed E-state index contributed by atoms with van der Waals surface area (Å²) in [5, 5.41) is 28.9. The van der Waals surface area contributed by atoms with Gasteiger partial charge in [0, 0.05) is 6.20 Å². The Hall–Kier alpha value is -1.69. The topological polar surface area (TPSA) is 125 Å². The van der Waals surface area contributed by atoms with E-state index in [1.54, 1.807) is 0 Å². The molecule has 1 aromatic heterocycles. The molecular weight excluding hydrogens is 313 g/mol. The minimum absolute atomic E-state index is 0.201. The van der Waals surface area contributed by atoms with Gasteiger partial charge < -0.3 is 20.1 Å². The number of nitrogens with zero attached hydrogens (tertiary/aromatic N) is 1. The maximum atomic E-state index is 12.7. The molecule has 0 spiro atoms. The van der Waals surface area contributed by atoms with Crippen molar-refractivity contribution in [3.8, 4) is 0 Å². The first-order chi connectivity index (χ1) is 10.00. The van der Waals surface area contributed by atoms with E-state index in [1.165, 1.54) is 4.98 Å². The number of halogens is 3. The quantitative estimate of drug-likeness (QED) is 0.527. The second-order valence-corrected chi connectivity index (χ2v) is 5.09. The lowest BCUT2D eigenvalue weighted by molar-refractivity contribution is -0.140. The van der Waals surface area contributed by atoms with Gasteiger partial charge in [-0.25, -0.2) is 4.79 Å². The zero-order valence-corrected chi connectivity index (χ0v) is 11.2. The zero-order chi connectivity index (χ0) is 16.9. The van der Waals surface area contributed by atoms with E-state index < -0.39 is 53.6 Å². The number of aliphatic hydroxyl groups excluding tert-OH is 2. The predicted molar refractivity (Wildman–Crippen MR) is 64.0 cm³/mol. The molecule has 1 aromatic rings. The lowest BCUT2D eigenvalue weighted by atomic mass is 9.96. The summed E-state index contributed by atoms with van der Waals surface area (Å²) in [5.41, 5.74) is -6.70. The van der Waals surface area contributed by atoms with Gasteiger partial charge in [0.1, 0.15) is 23.4 Å². The third-order valence-electron chi connectivity index (χ3n) is 3.46. The minimum atomic E-state index is -5.03. The average Bonchev–Trinajstić information content (AvgIpc) is 2.60. The summed E-state index contributed by atoms with van der Waals surface area (Å²) < 4.78 is 43.6. The molecule has 22 heavy (non-hydrogen) atoms. The van der Waals surface area contributed by atoms with Crippen molar-refractivity contribution in [2.24, 2.45) is 0 Å². The molecule has 0 aromatic carbocycles. The molecule has 0 aliphatic carbocycles. The molecule has 11 heteroatoms. The molecule has 8 nitrogen and oxygen atoms in total. The van der Waals surface area contributed by atoms with Gasteiger partial charge in [0.25, 0.3) is 5.56 Å². The maximum Gasteiger partial charge on any atom is 0.423 e. The van der Waals surface area contributed by atoms with Crippen LogP contribution in [0.15, 0.2) is 15.8 Å². The molecule has 1 saturated heterocycles. The Morgan fingerprint density at radius 1 is 1.45 bits per heavy atom. The normalized spacial score (nSPS) is 32.4. The van der Waals surface area contributed by atoms with Gasteiger partial charge in [-0.05, 0) is 6.92 Å². The Morgan fingerprint density at radius 3 is 2.50 bits per heavy atom. The summed E-state index contributed by atoms with van der Waals surface area (Å²) in [6, 6.07) is 0. The molecule has 0 saturated carbocycles. The molecule has 1 fully saturated rings. The number of hydrogen-bond acceptors (Lipinski definition) is 6.